The van der Waals surface area contributed by atoms with Crippen LogP contribution in [-0.2, 0) is 11.3 Å². The van der Waals surface area contributed by atoms with E-state index in [4.69, 9.17) is 4.74 Å². The number of nitrogens with zero attached hydrogens (tertiary/aromatic N) is 2. The van der Waals surface area contributed by atoms with Gasteiger partial charge in [0.25, 0.3) is 5.91 Å². The Labute approximate surface area is 146 Å². The number of para-hydroxylation sites is 1. The molecule has 3 heterocycles. The molecule has 1 fully saturated rings. The van der Waals surface area contributed by atoms with E-state index in [0.29, 0.717) is 12.3 Å². The number of nitrogens with one attached hydrogen (secondary N) is 2. The summed E-state index contributed by atoms with van der Waals surface area (Å²) in [7, 11) is 0. The molecule has 25 heavy (non-hydrogen) atoms. The predicted octanol–water partition coefficient (Wildman–Crippen LogP) is 3.03. The number of H-pyrrole nitrogens is 1. The van der Waals surface area contributed by atoms with Gasteiger partial charge in [0, 0.05) is 35.8 Å². The Bertz CT molecular complexity index is 849. The molecule has 0 saturated carbocycles. The summed E-state index contributed by atoms with van der Waals surface area (Å²) in [5.74, 6) is -0.0976. The quantitative estimate of drug-likeness (QED) is 0.768. The summed E-state index contributed by atoms with van der Waals surface area (Å²) in [5.41, 5.74) is 2.56. The molecular formula is C19H22N4O2. The molecule has 3 aromatic rings. The monoisotopic (exact) mass is 338 g/mol. The van der Waals surface area contributed by atoms with Crippen LogP contribution in [0.3, 0.4) is 0 Å². The minimum Gasteiger partial charge on any atom is -0.371 e. The van der Waals surface area contributed by atoms with E-state index in [1.165, 1.54) is 0 Å². The molecule has 6 heteroatoms. The van der Waals surface area contributed by atoms with Crippen molar-refractivity contribution in [3.63, 3.8) is 0 Å². The Morgan fingerprint density at radius 3 is 3.12 bits per heavy atom. The summed E-state index contributed by atoms with van der Waals surface area (Å²) in [6, 6.07) is 9.72. The summed E-state index contributed by atoms with van der Waals surface area (Å²) < 4.78 is 7.83. The largest absolute Gasteiger partial charge is 0.371 e. The van der Waals surface area contributed by atoms with Gasteiger partial charge in [-0.2, -0.15) is 5.10 Å². The molecule has 1 aromatic carbocycles. The summed E-state index contributed by atoms with van der Waals surface area (Å²) >= 11 is 0. The van der Waals surface area contributed by atoms with Crippen molar-refractivity contribution in [1.82, 2.24) is 20.1 Å². The molecule has 2 atom stereocenters. The first kappa shape index (κ1) is 15.9. The lowest BCUT2D eigenvalue weighted by Crippen LogP contribution is -2.42. The van der Waals surface area contributed by atoms with Crippen LogP contribution in [0.15, 0.2) is 42.7 Å². The van der Waals surface area contributed by atoms with Crippen LogP contribution in [0.1, 0.15) is 41.9 Å². The fourth-order valence-corrected chi connectivity index (χ4v) is 3.40. The molecule has 0 aliphatic carbocycles. The zero-order chi connectivity index (χ0) is 17.2. The van der Waals surface area contributed by atoms with Crippen molar-refractivity contribution in [2.24, 2.45) is 0 Å². The molecule has 2 N–H and O–H groups in total. The number of rotatable bonds is 4. The number of carbonyl (C=O) groups is 1. The number of benzene rings is 1. The van der Waals surface area contributed by atoms with Gasteiger partial charge in [0.15, 0.2) is 0 Å². The number of hydrogen-bond acceptors (Lipinski definition) is 3. The first-order valence-corrected chi connectivity index (χ1v) is 8.77. The lowest BCUT2D eigenvalue weighted by Gasteiger charge is -2.31. The Balaban J connectivity index is 1.53. The number of ether oxygens (including phenoxy) is 1. The highest BCUT2D eigenvalue weighted by molar-refractivity contribution is 5.98. The van der Waals surface area contributed by atoms with Gasteiger partial charge in [-0.3, -0.25) is 9.48 Å². The second kappa shape index (κ2) is 6.72. The maximum absolute atomic E-state index is 12.7. The van der Waals surface area contributed by atoms with Gasteiger partial charge < -0.3 is 15.0 Å². The van der Waals surface area contributed by atoms with Gasteiger partial charge in [-0.1, -0.05) is 18.2 Å². The van der Waals surface area contributed by atoms with Gasteiger partial charge >= 0.3 is 0 Å². The first-order valence-electron chi connectivity index (χ1n) is 8.77. The first-order chi connectivity index (χ1) is 12.2. The number of fused-ring (bicyclic) bond motifs is 1. The van der Waals surface area contributed by atoms with Crippen molar-refractivity contribution in [3.8, 4) is 0 Å². The number of aryl methyl sites for hydroxylation is 1. The van der Waals surface area contributed by atoms with E-state index in [-0.39, 0.29) is 18.1 Å². The van der Waals surface area contributed by atoms with Gasteiger partial charge in [-0.15, -0.1) is 0 Å². The van der Waals surface area contributed by atoms with Gasteiger partial charge in [0.05, 0.1) is 12.2 Å². The maximum Gasteiger partial charge on any atom is 0.268 e. The van der Waals surface area contributed by atoms with E-state index in [1.54, 1.807) is 0 Å². The fourth-order valence-electron chi connectivity index (χ4n) is 3.40. The van der Waals surface area contributed by atoms with Crippen LogP contribution < -0.4 is 5.32 Å². The van der Waals surface area contributed by atoms with Crippen molar-refractivity contribution in [2.75, 3.05) is 6.61 Å². The van der Waals surface area contributed by atoms with Crippen LogP contribution in [0.25, 0.3) is 10.9 Å². The Hall–Kier alpha value is -2.60. The molecule has 0 bridgehead atoms. The number of aromatic amines is 1. The zero-order valence-corrected chi connectivity index (χ0v) is 14.2. The Morgan fingerprint density at radius 1 is 1.44 bits per heavy atom. The number of aromatic nitrogens is 3. The zero-order valence-electron chi connectivity index (χ0n) is 14.2. The van der Waals surface area contributed by atoms with E-state index in [2.05, 4.69) is 15.4 Å². The lowest BCUT2D eigenvalue weighted by atomic mass is 9.98. The van der Waals surface area contributed by atoms with Crippen LogP contribution in [0.5, 0.6) is 0 Å². The van der Waals surface area contributed by atoms with E-state index in [1.807, 2.05) is 54.3 Å². The van der Waals surface area contributed by atoms with Crippen LogP contribution in [0.2, 0.25) is 0 Å². The smallest absolute Gasteiger partial charge is 0.268 e. The van der Waals surface area contributed by atoms with Gasteiger partial charge in [-0.05, 0) is 31.9 Å². The summed E-state index contributed by atoms with van der Waals surface area (Å²) in [4.78, 5) is 15.9. The molecule has 0 unspecified atom stereocenters. The number of amides is 1. The molecule has 1 amide bonds. The summed E-state index contributed by atoms with van der Waals surface area (Å²) in [5, 5.41) is 8.50. The van der Waals surface area contributed by atoms with Crippen molar-refractivity contribution >= 4 is 16.8 Å². The van der Waals surface area contributed by atoms with E-state index in [0.717, 1.165) is 35.9 Å². The molecule has 4 rings (SSSR count). The molecule has 1 aliphatic rings. The van der Waals surface area contributed by atoms with Crippen molar-refractivity contribution in [2.45, 2.75) is 38.5 Å². The molecular weight excluding hydrogens is 316 g/mol. The van der Waals surface area contributed by atoms with E-state index in [9.17, 15) is 4.79 Å². The highest BCUT2D eigenvalue weighted by Crippen LogP contribution is 2.28. The predicted molar refractivity (Wildman–Crippen MR) is 95.4 cm³/mol. The van der Waals surface area contributed by atoms with Crippen LogP contribution in [-0.4, -0.2) is 33.3 Å². The van der Waals surface area contributed by atoms with Gasteiger partial charge in [0.2, 0.25) is 0 Å². The van der Waals surface area contributed by atoms with Gasteiger partial charge in [-0.25, -0.2) is 0 Å². The minimum atomic E-state index is -0.151. The van der Waals surface area contributed by atoms with Crippen molar-refractivity contribution < 1.29 is 9.53 Å². The minimum absolute atomic E-state index is 0.0535. The molecule has 130 valence electrons. The van der Waals surface area contributed by atoms with E-state index >= 15 is 0 Å². The van der Waals surface area contributed by atoms with Gasteiger partial charge in [0.1, 0.15) is 11.8 Å². The summed E-state index contributed by atoms with van der Waals surface area (Å²) in [6.07, 6.45) is 5.52. The molecule has 1 saturated heterocycles. The fraction of sp³-hybridized carbons (Fsp3) is 0.368. The normalized spacial score (nSPS) is 20.7. The Morgan fingerprint density at radius 2 is 2.32 bits per heavy atom. The topological polar surface area (TPSA) is 71.9 Å². The second-order valence-electron chi connectivity index (χ2n) is 6.41. The van der Waals surface area contributed by atoms with Crippen LogP contribution in [0, 0.1) is 0 Å². The standard InChI is InChI=1S/C19H22N4O2/c1-2-23-12-14(11-20-23)18-16(8-5-9-25-18)22-19(24)17-10-13-6-3-4-7-15(13)21-17/h3-4,6-7,10-12,16,18,21H,2,5,8-9H2,1H3,(H,22,24)/t16-,18+/m0/s1. The average Bonchev–Trinajstić information content (AvgIpc) is 3.29. The Kier molecular flexibility index (Phi) is 4.28. The highest BCUT2D eigenvalue weighted by atomic mass is 16.5. The molecule has 1 aliphatic heterocycles. The maximum atomic E-state index is 12.7. The van der Waals surface area contributed by atoms with Crippen LogP contribution >= 0.6 is 0 Å². The number of carbonyl (C=O) groups excluding carboxylic acids is 1. The number of hydrogen-bond donors (Lipinski definition) is 2. The highest BCUT2D eigenvalue weighted by Gasteiger charge is 2.30. The van der Waals surface area contributed by atoms with Crippen molar-refractivity contribution in [1.29, 1.82) is 0 Å². The molecule has 0 spiro atoms. The van der Waals surface area contributed by atoms with Crippen LogP contribution in [0.4, 0.5) is 0 Å². The van der Waals surface area contributed by atoms with E-state index < -0.39 is 0 Å². The molecule has 2 aromatic heterocycles. The lowest BCUT2D eigenvalue weighted by molar-refractivity contribution is -0.00955. The molecule has 6 nitrogen and oxygen atoms in total. The second-order valence-corrected chi connectivity index (χ2v) is 6.41. The third-order valence-electron chi connectivity index (χ3n) is 4.72. The average molecular weight is 338 g/mol. The molecule has 0 radical (unpaired) electrons. The third kappa shape index (κ3) is 3.17. The SMILES string of the molecule is CCn1cc([C@H]2OCCC[C@@H]2NC(=O)c2cc3ccccc3[nH]2)cn1. The summed E-state index contributed by atoms with van der Waals surface area (Å²) in [6.45, 7) is 3.58. The van der Waals surface area contributed by atoms with Crippen molar-refractivity contribution in [3.05, 3.63) is 54.0 Å². The third-order valence-corrected chi connectivity index (χ3v) is 4.72.